The highest BCUT2D eigenvalue weighted by atomic mass is 16.2. The Hall–Kier alpha value is -2.24. The van der Waals surface area contributed by atoms with Gasteiger partial charge in [0.25, 0.3) is 5.91 Å². The Labute approximate surface area is 141 Å². The molecular formula is C18H23N5O. The predicted molar refractivity (Wildman–Crippen MR) is 89.6 cm³/mol. The normalized spacial score (nSPS) is 20.7. The summed E-state index contributed by atoms with van der Waals surface area (Å²) in [6.45, 7) is 3.68. The van der Waals surface area contributed by atoms with Crippen LogP contribution >= 0.6 is 0 Å². The third-order valence-electron chi connectivity index (χ3n) is 5.11. The van der Waals surface area contributed by atoms with Gasteiger partial charge < -0.3 is 9.47 Å². The SMILES string of the molecule is Cc1ccc(C(=O)N2CCC[C@H]2c2nnc3n2CCCCC3)cn1. The first-order valence-corrected chi connectivity index (χ1v) is 8.89. The number of pyridine rings is 1. The van der Waals surface area contributed by atoms with E-state index in [-0.39, 0.29) is 11.9 Å². The summed E-state index contributed by atoms with van der Waals surface area (Å²) in [5, 5.41) is 8.87. The quantitative estimate of drug-likeness (QED) is 0.851. The van der Waals surface area contributed by atoms with Crippen molar-refractivity contribution in [2.75, 3.05) is 6.54 Å². The summed E-state index contributed by atoms with van der Waals surface area (Å²) >= 11 is 0. The maximum Gasteiger partial charge on any atom is 0.256 e. The predicted octanol–water partition coefficient (Wildman–Crippen LogP) is 2.69. The number of likely N-dealkylation sites (tertiary alicyclic amines) is 1. The molecule has 1 fully saturated rings. The molecule has 2 aliphatic heterocycles. The maximum atomic E-state index is 12.9. The Morgan fingerprint density at radius 2 is 2.04 bits per heavy atom. The second-order valence-corrected chi connectivity index (χ2v) is 6.78. The molecule has 1 saturated heterocycles. The van der Waals surface area contributed by atoms with Gasteiger partial charge in [-0.2, -0.15) is 0 Å². The molecule has 0 aliphatic carbocycles. The van der Waals surface area contributed by atoms with Crippen LogP contribution in [0.25, 0.3) is 0 Å². The summed E-state index contributed by atoms with van der Waals surface area (Å²) in [7, 11) is 0. The highest BCUT2D eigenvalue weighted by Gasteiger charge is 2.34. The lowest BCUT2D eigenvalue weighted by Gasteiger charge is -2.24. The summed E-state index contributed by atoms with van der Waals surface area (Å²) in [5.41, 5.74) is 1.58. The molecule has 1 amide bonds. The number of rotatable bonds is 2. The number of amides is 1. The van der Waals surface area contributed by atoms with Crippen molar-refractivity contribution in [1.82, 2.24) is 24.6 Å². The monoisotopic (exact) mass is 325 g/mol. The van der Waals surface area contributed by atoms with E-state index in [1.165, 1.54) is 19.3 Å². The zero-order chi connectivity index (χ0) is 16.5. The Bertz CT molecular complexity index is 736. The van der Waals surface area contributed by atoms with E-state index in [0.717, 1.165) is 49.7 Å². The fourth-order valence-electron chi connectivity index (χ4n) is 3.79. The molecule has 0 spiro atoms. The molecule has 0 bridgehead atoms. The van der Waals surface area contributed by atoms with Crippen LogP contribution < -0.4 is 0 Å². The minimum atomic E-state index is 0.0400. The molecule has 0 N–H and O–H groups in total. The van der Waals surface area contributed by atoms with Crippen LogP contribution in [-0.2, 0) is 13.0 Å². The van der Waals surface area contributed by atoms with Crippen molar-refractivity contribution in [2.24, 2.45) is 0 Å². The van der Waals surface area contributed by atoms with Gasteiger partial charge in [-0.25, -0.2) is 0 Å². The fourth-order valence-corrected chi connectivity index (χ4v) is 3.79. The van der Waals surface area contributed by atoms with E-state index in [1.54, 1.807) is 6.20 Å². The maximum absolute atomic E-state index is 12.9. The van der Waals surface area contributed by atoms with Crippen molar-refractivity contribution < 1.29 is 4.79 Å². The minimum absolute atomic E-state index is 0.0400. The summed E-state index contributed by atoms with van der Waals surface area (Å²) in [6.07, 6.45) is 8.24. The molecule has 4 rings (SSSR count). The lowest BCUT2D eigenvalue weighted by Crippen LogP contribution is -2.32. The van der Waals surface area contributed by atoms with Gasteiger partial charge in [-0.05, 0) is 44.7 Å². The van der Waals surface area contributed by atoms with Gasteiger partial charge in [-0.1, -0.05) is 6.42 Å². The molecule has 2 aromatic rings. The van der Waals surface area contributed by atoms with Crippen molar-refractivity contribution >= 4 is 5.91 Å². The van der Waals surface area contributed by atoms with Crippen molar-refractivity contribution in [2.45, 2.75) is 58.0 Å². The van der Waals surface area contributed by atoms with Crippen molar-refractivity contribution in [1.29, 1.82) is 0 Å². The molecule has 2 aliphatic rings. The van der Waals surface area contributed by atoms with Crippen LogP contribution in [0.4, 0.5) is 0 Å². The summed E-state index contributed by atoms with van der Waals surface area (Å²) in [5.74, 6) is 2.10. The van der Waals surface area contributed by atoms with Gasteiger partial charge in [-0.3, -0.25) is 9.78 Å². The van der Waals surface area contributed by atoms with Gasteiger partial charge in [-0.15, -0.1) is 10.2 Å². The summed E-state index contributed by atoms with van der Waals surface area (Å²) in [6, 6.07) is 3.80. The second-order valence-electron chi connectivity index (χ2n) is 6.78. The van der Waals surface area contributed by atoms with Crippen LogP contribution in [0.15, 0.2) is 18.3 Å². The van der Waals surface area contributed by atoms with Gasteiger partial charge in [0, 0.05) is 31.4 Å². The first-order valence-electron chi connectivity index (χ1n) is 8.89. The lowest BCUT2D eigenvalue weighted by molar-refractivity contribution is 0.0726. The number of nitrogens with zero attached hydrogens (tertiary/aromatic N) is 5. The van der Waals surface area contributed by atoms with Gasteiger partial charge in [0.15, 0.2) is 5.82 Å². The number of carbonyl (C=O) groups is 1. The third-order valence-corrected chi connectivity index (χ3v) is 5.11. The topological polar surface area (TPSA) is 63.9 Å². The Morgan fingerprint density at radius 1 is 1.12 bits per heavy atom. The molecule has 2 aromatic heterocycles. The molecule has 1 atom stereocenters. The summed E-state index contributed by atoms with van der Waals surface area (Å²) < 4.78 is 2.26. The van der Waals surface area contributed by atoms with Crippen LogP contribution in [0.1, 0.15) is 65.8 Å². The van der Waals surface area contributed by atoms with Crippen LogP contribution in [0.5, 0.6) is 0 Å². The molecule has 126 valence electrons. The van der Waals surface area contributed by atoms with Crippen molar-refractivity contribution in [3.8, 4) is 0 Å². The number of carbonyl (C=O) groups excluding carboxylic acids is 1. The molecule has 6 heteroatoms. The second kappa shape index (κ2) is 6.34. The highest BCUT2D eigenvalue weighted by molar-refractivity contribution is 5.94. The van der Waals surface area contributed by atoms with Gasteiger partial charge in [0.2, 0.25) is 0 Å². The Kier molecular flexibility index (Phi) is 4.04. The van der Waals surface area contributed by atoms with E-state index >= 15 is 0 Å². The average molecular weight is 325 g/mol. The first kappa shape index (κ1) is 15.3. The number of hydrogen-bond acceptors (Lipinski definition) is 4. The number of aryl methyl sites for hydroxylation is 2. The summed E-state index contributed by atoms with van der Waals surface area (Å²) in [4.78, 5) is 19.1. The minimum Gasteiger partial charge on any atom is -0.328 e. The largest absolute Gasteiger partial charge is 0.328 e. The van der Waals surface area contributed by atoms with E-state index < -0.39 is 0 Å². The molecule has 0 unspecified atom stereocenters. The van der Waals surface area contributed by atoms with E-state index in [4.69, 9.17) is 0 Å². The van der Waals surface area contributed by atoms with E-state index in [2.05, 4.69) is 19.7 Å². The van der Waals surface area contributed by atoms with Crippen molar-refractivity contribution in [3.63, 3.8) is 0 Å². The Morgan fingerprint density at radius 3 is 2.88 bits per heavy atom. The molecule has 6 nitrogen and oxygen atoms in total. The van der Waals surface area contributed by atoms with Gasteiger partial charge in [0.05, 0.1) is 11.6 Å². The standard InChI is InChI=1S/C18H23N5O/c1-13-8-9-14(12-19-13)18(24)22-11-5-6-15(22)17-21-20-16-7-3-2-4-10-23(16)17/h8-9,12,15H,2-7,10-11H2,1H3/t15-/m0/s1. The van der Waals surface area contributed by atoms with E-state index in [0.29, 0.717) is 5.56 Å². The molecule has 24 heavy (non-hydrogen) atoms. The molecule has 4 heterocycles. The van der Waals surface area contributed by atoms with E-state index in [1.807, 2.05) is 24.0 Å². The number of fused-ring (bicyclic) bond motifs is 1. The molecule has 0 radical (unpaired) electrons. The van der Waals surface area contributed by atoms with Gasteiger partial charge >= 0.3 is 0 Å². The zero-order valence-electron chi connectivity index (χ0n) is 14.1. The molecular weight excluding hydrogens is 302 g/mol. The average Bonchev–Trinajstić information content (AvgIpc) is 3.16. The first-order chi connectivity index (χ1) is 11.7. The van der Waals surface area contributed by atoms with E-state index in [9.17, 15) is 4.79 Å². The van der Waals surface area contributed by atoms with Crippen LogP contribution in [0.3, 0.4) is 0 Å². The van der Waals surface area contributed by atoms with Crippen LogP contribution in [0, 0.1) is 6.92 Å². The lowest BCUT2D eigenvalue weighted by atomic mass is 10.1. The van der Waals surface area contributed by atoms with Crippen LogP contribution in [-0.4, -0.2) is 37.1 Å². The molecule has 0 saturated carbocycles. The molecule has 0 aromatic carbocycles. The van der Waals surface area contributed by atoms with Crippen LogP contribution in [0.2, 0.25) is 0 Å². The smallest absolute Gasteiger partial charge is 0.256 e. The number of hydrogen-bond donors (Lipinski definition) is 0. The Balaban J connectivity index is 1.62. The third kappa shape index (κ3) is 2.70. The zero-order valence-corrected chi connectivity index (χ0v) is 14.1. The fraction of sp³-hybridized carbons (Fsp3) is 0.556. The number of aromatic nitrogens is 4. The highest BCUT2D eigenvalue weighted by Crippen LogP contribution is 2.33. The van der Waals surface area contributed by atoms with Crippen molar-refractivity contribution in [3.05, 3.63) is 41.2 Å². The van der Waals surface area contributed by atoms with Gasteiger partial charge in [0.1, 0.15) is 5.82 Å².